The van der Waals surface area contributed by atoms with E-state index < -0.39 is 0 Å². The van der Waals surface area contributed by atoms with Crippen molar-refractivity contribution >= 4 is 15.9 Å². The summed E-state index contributed by atoms with van der Waals surface area (Å²) in [6, 6.07) is 5.86. The number of benzene rings is 1. The fourth-order valence-electron chi connectivity index (χ4n) is 1.90. The van der Waals surface area contributed by atoms with Gasteiger partial charge >= 0.3 is 0 Å². The zero-order valence-corrected chi connectivity index (χ0v) is 13.0. The van der Waals surface area contributed by atoms with Gasteiger partial charge in [0.2, 0.25) is 0 Å². The largest absolute Gasteiger partial charge is 0.493 e. The molecule has 0 aliphatic heterocycles. The average molecular weight is 340 g/mol. The van der Waals surface area contributed by atoms with Crippen LogP contribution in [-0.4, -0.2) is 30.0 Å². The molecule has 0 spiro atoms. The monoisotopic (exact) mass is 339 g/mol. The quantitative estimate of drug-likeness (QED) is 0.840. The van der Waals surface area contributed by atoms with Crippen molar-refractivity contribution in [1.29, 1.82) is 0 Å². The topological polar surface area (TPSA) is 62.3 Å². The molecule has 20 heavy (non-hydrogen) atoms. The molecule has 6 heteroatoms. The number of rotatable bonds is 7. The van der Waals surface area contributed by atoms with E-state index in [2.05, 4.69) is 21.0 Å². The minimum atomic E-state index is 0.521. The third-order valence-electron chi connectivity index (χ3n) is 2.85. The maximum absolute atomic E-state index is 5.80. The Labute approximate surface area is 126 Å². The molecule has 1 heterocycles. The maximum atomic E-state index is 5.80. The van der Waals surface area contributed by atoms with E-state index >= 15 is 0 Å². The van der Waals surface area contributed by atoms with Gasteiger partial charge in [-0.25, -0.2) is 0 Å². The Balaban J connectivity index is 2.06. The summed E-state index contributed by atoms with van der Waals surface area (Å²) in [5.41, 5.74) is 6.70. The highest BCUT2D eigenvalue weighted by Gasteiger charge is 2.11. The lowest BCUT2D eigenvalue weighted by molar-refractivity contribution is 0.272. The second-order valence-electron chi connectivity index (χ2n) is 4.27. The minimum Gasteiger partial charge on any atom is -0.493 e. The highest BCUT2D eigenvalue weighted by molar-refractivity contribution is 9.10. The van der Waals surface area contributed by atoms with Crippen molar-refractivity contribution in [2.75, 3.05) is 20.3 Å². The molecule has 0 saturated heterocycles. The summed E-state index contributed by atoms with van der Waals surface area (Å²) in [7, 11) is 1.63. The van der Waals surface area contributed by atoms with Crippen LogP contribution in [-0.2, 0) is 13.0 Å². The van der Waals surface area contributed by atoms with Crippen molar-refractivity contribution < 1.29 is 9.47 Å². The Bertz CT molecular complexity index is 544. The van der Waals surface area contributed by atoms with E-state index in [1.807, 2.05) is 29.1 Å². The molecule has 0 bridgehead atoms. The molecule has 2 rings (SSSR count). The molecule has 2 aromatic rings. The number of nitrogens with two attached hydrogens (primary N) is 1. The van der Waals surface area contributed by atoms with Crippen molar-refractivity contribution in [3.8, 4) is 11.5 Å². The van der Waals surface area contributed by atoms with Crippen molar-refractivity contribution in [3.63, 3.8) is 0 Å². The highest BCUT2D eigenvalue weighted by atomic mass is 79.9. The van der Waals surface area contributed by atoms with Gasteiger partial charge in [-0.3, -0.25) is 4.68 Å². The first-order valence-electron chi connectivity index (χ1n) is 6.41. The van der Waals surface area contributed by atoms with Gasteiger partial charge in [0.15, 0.2) is 11.5 Å². The third-order valence-corrected chi connectivity index (χ3v) is 3.44. The molecule has 5 nitrogen and oxygen atoms in total. The van der Waals surface area contributed by atoms with Gasteiger partial charge in [0, 0.05) is 12.4 Å². The fourth-order valence-corrected chi connectivity index (χ4v) is 2.50. The second-order valence-corrected chi connectivity index (χ2v) is 5.12. The zero-order valence-electron chi connectivity index (χ0n) is 11.4. The smallest absolute Gasteiger partial charge is 0.175 e. The average Bonchev–Trinajstić information content (AvgIpc) is 2.94. The minimum absolute atomic E-state index is 0.521. The maximum Gasteiger partial charge on any atom is 0.175 e. The van der Waals surface area contributed by atoms with Crippen LogP contribution in [0.4, 0.5) is 0 Å². The van der Waals surface area contributed by atoms with Gasteiger partial charge in [0.25, 0.3) is 0 Å². The highest BCUT2D eigenvalue weighted by Crippen LogP contribution is 2.36. The van der Waals surface area contributed by atoms with Crippen LogP contribution in [0.5, 0.6) is 11.5 Å². The zero-order chi connectivity index (χ0) is 14.4. The van der Waals surface area contributed by atoms with E-state index in [9.17, 15) is 0 Å². The number of hydrogen-bond donors (Lipinski definition) is 1. The fraction of sp³-hybridized carbons (Fsp3) is 0.357. The molecule has 0 atom stereocenters. The van der Waals surface area contributed by atoms with Gasteiger partial charge in [-0.1, -0.05) is 0 Å². The SMILES string of the molecule is COc1cc(CCN)cc(Br)c1OCCn1cccn1. The molecule has 0 unspecified atom stereocenters. The van der Waals surface area contributed by atoms with Gasteiger partial charge < -0.3 is 15.2 Å². The Morgan fingerprint density at radius 1 is 1.40 bits per heavy atom. The summed E-state index contributed by atoms with van der Waals surface area (Å²) in [6.45, 7) is 1.81. The summed E-state index contributed by atoms with van der Waals surface area (Å²) in [6.07, 6.45) is 4.46. The van der Waals surface area contributed by atoms with Crippen LogP contribution in [0.1, 0.15) is 5.56 Å². The Morgan fingerprint density at radius 2 is 2.25 bits per heavy atom. The Hall–Kier alpha value is -1.53. The molecule has 0 saturated carbocycles. The Kier molecular flexibility index (Phi) is 5.43. The Morgan fingerprint density at radius 3 is 2.90 bits per heavy atom. The van der Waals surface area contributed by atoms with Gasteiger partial charge in [-0.2, -0.15) is 5.10 Å². The predicted molar refractivity (Wildman–Crippen MR) is 81.2 cm³/mol. The predicted octanol–water partition coefficient (Wildman–Crippen LogP) is 2.23. The van der Waals surface area contributed by atoms with Gasteiger partial charge in [-0.15, -0.1) is 0 Å². The first kappa shape index (κ1) is 14.9. The van der Waals surface area contributed by atoms with E-state index in [0.29, 0.717) is 31.2 Å². The summed E-state index contributed by atoms with van der Waals surface area (Å²) in [5.74, 6) is 1.42. The van der Waals surface area contributed by atoms with E-state index in [1.165, 1.54) is 0 Å². The molecule has 108 valence electrons. The van der Waals surface area contributed by atoms with E-state index in [0.717, 1.165) is 16.5 Å². The lowest BCUT2D eigenvalue weighted by Gasteiger charge is -2.14. The lowest BCUT2D eigenvalue weighted by Crippen LogP contribution is -2.10. The van der Waals surface area contributed by atoms with Crippen LogP contribution >= 0.6 is 15.9 Å². The second kappa shape index (κ2) is 7.31. The molecule has 0 fully saturated rings. The molecular formula is C14H18BrN3O2. The van der Waals surface area contributed by atoms with E-state index in [4.69, 9.17) is 15.2 Å². The molecular weight excluding hydrogens is 322 g/mol. The number of halogens is 1. The standard InChI is InChI=1S/C14H18BrN3O2/c1-19-13-10-11(3-4-16)9-12(15)14(13)20-8-7-18-6-2-5-17-18/h2,5-6,9-10H,3-4,7-8,16H2,1H3. The van der Waals surface area contributed by atoms with E-state index in [-0.39, 0.29) is 0 Å². The number of methoxy groups -OCH3 is 1. The van der Waals surface area contributed by atoms with Crippen molar-refractivity contribution in [2.24, 2.45) is 5.73 Å². The molecule has 2 N–H and O–H groups in total. The van der Waals surface area contributed by atoms with Crippen molar-refractivity contribution in [1.82, 2.24) is 9.78 Å². The molecule has 0 amide bonds. The van der Waals surface area contributed by atoms with Crippen LogP contribution in [0.25, 0.3) is 0 Å². The summed E-state index contributed by atoms with van der Waals surface area (Å²) in [5, 5.41) is 4.13. The van der Waals surface area contributed by atoms with Gasteiger partial charge in [0.05, 0.1) is 18.1 Å². The van der Waals surface area contributed by atoms with Gasteiger partial charge in [0.1, 0.15) is 6.61 Å². The van der Waals surface area contributed by atoms with E-state index in [1.54, 1.807) is 13.3 Å². The van der Waals surface area contributed by atoms with Gasteiger partial charge in [-0.05, 0) is 52.7 Å². The van der Waals surface area contributed by atoms with Crippen molar-refractivity contribution in [3.05, 3.63) is 40.6 Å². The van der Waals surface area contributed by atoms with Crippen molar-refractivity contribution in [2.45, 2.75) is 13.0 Å². The summed E-state index contributed by atoms with van der Waals surface area (Å²) < 4.78 is 13.9. The normalized spacial score (nSPS) is 10.6. The molecule has 1 aromatic carbocycles. The van der Waals surface area contributed by atoms with Crippen LogP contribution < -0.4 is 15.2 Å². The third kappa shape index (κ3) is 3.74. The number of nitrogens with zero attached hydrogens (tertiary/aromatic N) is 2. The van der Waals surface area contributed by atoms with Crippen LogP contribution in [0.2, 0.25) is 0 Å². The summed E-state index contributed by atoms with van der Waals surface area (Å²) in [4.78, 5) is 0. The first-order chi connectivity index (χ1) is 9.74. The van der Waals surface area contributed by atoms with Crippen LogP contribution in [0, 0.1) is 0 Å². The molecule has 0 aliphatic carbocycles. The first-order valence-corrected chi connectivity index (χ1v) is 7.20. The lowest BCUT2D eigenvalue weighted by atomic mass is 10.1. The molecule has 0 aliphatic rings. The number of ether oxygens (including phenoxy) is 2. The van der Waals surface area contributed by atoms with Crippen LogP contribution in [0.3, 0.4) is 0 Å². The molecule has 0 radical (unpaired) electrons. The van der Waals surface area contributed by atoms with Crippen LogP contribution in [0.15, 0.2) is 35.1 Å². The summed E-state index contributed by atoms with van der Waals surface area (Å²) >= 11 is 3.52. The number of aromatic nitrogens is 2. The molecule has 1 aromatic heterocycles. The number of hydrogen-bond acceptors (Lipinski definition) is 4.